The lowest BCUT2D eigenvalue weighted by Crippen LogP contribution is -2.28. The second kappa shape index (κ2) is 10.4. The number of carbonyl (C=O) groups is 2. The first-order valence-electron chi connectivity index (χ1n) is 10.2. The number of nitrogens with zero attached hydrogens (tertiary/aromatic N) is 1. The summed E-state index contributed by atoms with van der Waals surface area (Å²) in [7, 11) is 0. The van der Waals surface area contributed by atoms with Crippen molar-refractivity contribution in [3.8, 4) is 0 Å². The largest absolute Gasteiger partial charge is 0.441 e. The summed E-state index contributed by atoms with van der Waals surface area (Å²) in [6, 6.07) is 14.6. The molecular formula is C24H25FN4O3. The first-order valence-corrected chi connectivity index (χ1v) is 10.2. The Morgan fingerprint density at radius 3 is 2.47 bits per heavy atom. The SMILES string of the molecule is CC[C@H](OC(=O)N[C@@H](C)c1cncc(F)c1)c1ccc(C(=O)Nc2ccccc2N)cc1. The maximum absolute atomic E-state index is 13.3. The lowest BCUT2D eigenvalue weighted by molar-refractivity contribution is 0.0924. The van der Waals surface area contributed by atoms with Gasteiger partial charge in [-0.3, -0.25) is 9.78 Å². The molecule has 0 saturated heterocycles. The molecule has 4 N–H and O–H groups in total. The van der Waals surface area contributed by atoms with Crippen molar-refractivity contribution in [1.29, 1.82) is 0 Å². The molecule has 0 bridgehead atoms. The van der Waals surface area contributed by atoms with Crippen LogP contribution in [0.3, 0.4) is 0 Å². The number of anilines is 2. The number of nitrogens with two attached hydrogens (primary N) is 1. The van der Waals surface area contributed by atoms with E-state index in [4.69, 9.17) is 10.5 Å². The van der Waals surface area contributed by atoms with Gasteiger partial charge in [0, 0.05) is 11.8 Å². The molecule has 1 heterocycles. The zero-order valence-electron chi connectivity index (χ0n) is 17.8. The van der Waals surface area contributed by atoms with Crippen LogP contribution in [0, 0.1) is 5.82 Å². The summed E-state index contributed by atoms with van der Waals surface area (Å²) in [5.74, 6) is -0.770. The van der Waals surface area contributed by atoms with Crippen LogP contribution in [0.1, 0.15) is 53.9 Å². The molecule has 0 aliphatic rings. The van der Waals surface area contributed by atoms with Crippen LogP contribution in [0.5, 0.6) is 0 Å². The molecule has 0 unspecified atom stereocenters. The number of para-hydroxylation sites is 2. The van der Waals surface area contributed by atoms with Crippen molar-refractivity contribution in [2.75, 3.05) is 11.1 Å². The monoisotopic (exact) mass is 436 g/mol. The van der Waals surface area contributed by atoms with Crippen molar-refractivity contribution >= 4 is 23.4 Å². The van der Waals surface area contributed by atoms with Crippen molar-refractivity contribution in [2.24, 2.45) is 0 Å². The Balaban J connectivity index is 1.61. The molecule has 0 saturated carbocycles. The molecule has 7 nitrogen and oxygen atoms in total. The summed E-state index contributed by atoms with van der Waals surface area (Å²) in [4.78, 5) is 28.6. The van der Waals surface area contributed by atoms with E-state index in [-0.39, 0.29) is 5.91 Å². The van der Waals surface area contributed by atoms with Gasteiger partial charge in [0.25, 0.3) is 5.91 Å². The van der Waals surface area contributed by atoms with E-state index >= 15 is 0 Å². The van der Waals surface area contributed by atoms with Crippen LogP contribution in [-0.4, -0.2) is 17.0 Å². The van der Waals surface area contributed by atoms with Crippen molar-refractivity contribution in [3.63, 3.8) is 0 Å². The topological polar surface area (TPSA) is 106 Å². The Bertz CT molecular complexity index is 1090. The first kappa shape index (κ1) is 22.7. The van der Waals surface area contributed by atoms with E-state index in [0.29, 0.717) is 28.9 Å². The molecule has 2 aromatic carbocycles. The molecule has 0 radical (unpaired) electrons. The molecule has 3 aromatic rings. The van der Waals surface area contributed by atoms with E-state index in [1.165, 1.54) is 12.3 Å². The molecule has 0 spiro atoms. The molecule has 1 aromatic heterocycles. The van der Waals surface area contributed by atoms with E-state index in [2.05, 4.69) is 15.6 Å². The highest BCUT2D eigenvalue weighted by molar-refractivity contribution is 6.05. The van der Waals surface area contributed by atoms with Gasteiger partial charge in [-0.2, -0.15) is 0 Å². The molecule has 0 aliphatic carbocycles. The van der Waals surface area contributed by atoms with E-state index in [0.717, 1.165) is 11.8 Å². The van der Waals surface area contributed by atoms with Crippen molar-refractivity contribution in [3.05, 3.63) is 89.5 Å². The van der Waals surface area contributed by atoms with Crippen molar-refractivity contribution < 1.29 is 18.7 Å². The first-order chi connectivity index (χ1) is 15.4. The fraction of sp³-hybridized carbons (Fsp3) is 0.208. The Hall–Kier alpha value is -3.94. The molecule has 2 atom stereocenters. The second-order valence-corrected chi connectivity index (χ2v) is 7.27. The fourth-order valence-electron chi connectivity index (χ4n) is 3.13. The number of ether oxygens (including phenoxy) is 1. The quantitative estimate of drug-likeness (QED) is 0.452. The van der Waals surface area contributed by atoms with Crippen LogP contribution < -0.4 is 16.4 Å². The summed E-state index contributed by atoms with van der Waals surface area (Å²) < 4.78 is 18.9. The van der Waals surface area contributed by atoms with Gasteiger partial charge < -0.3 is 21.1 Å². The van der Waals surface area contributed by atoms with Gasteiger partial charge in [0.1, 0.15) is 11.9 Å². The highest BCUT2D eigenvalue weighted by Crippen LogP contribution is 2.23. The van der Waals surface area contributed by atoms with Gasteiger partial charge in [0.15, 0.2) is 0 Å². The standard InChI is InChI=1S/C24H25FN4O3/c1-3-22(32-24(31)28-15(2)18-12-19(25)14-27-13-18)16-8-10-17(11-9-16)23(30)29-21-7-5-4-6-20(21)26/h4-15,22H,3,26H2,1-2H3,(H,28,31)(H,29,30)/t15-,22-/m0/s1. The number of rotatable bonds is 7. The number of halogens is 1. The number of aromatic nitrogens is 1. The zero-order valence-corrected chi connectivity index (χ0v) is 17.8. The molecule has 166 valence electrons. The number of benzene rings is 2. The smallest absolute Gasteiger partial charge is 0.408 e. The fourth-order valence-corrected chi connectivity index (χ4v) is 3.13. The minimum absolute atomic E-state index is 0.293. The zero-order chi connectivity index (χ0) is 23.1. The minimum atomic E-state index is -0.630. The van der Waals surface area contributed by atoms with Gasteiger partial charge in [0.05, 0.1) is 23.6 Å². The van der Waals surface area contributed by atoms with E-state index in [1.807, 2.05) is 6.92 Å². The third-order valence-corrected chi connectivity index (χ3v) is 4.93. The summed E-state index contributed by atoms with van der Waals surface area (Å²) in [6.07, 6.45) is 1.98. The predicted molar refractivity (Wildman–Crippen MR) is 121 cm³/mol. The number of pyridine rings is 1. The number of amides is 2. The second-order valence-electron chi connectivity index (χ2n) is 7.27. The van der Waals surface area contributed by atoms with Crippen LogP contribution in [-0.2, 0) is 4.74 Å². The highest BCUT2D eigenvalue weighted by atomic mass is 19.1. The number of hydrogen-bond donors (Lipinski definition) is 3. The predicted octanol–water partition coefficient (Wildman–Crippen LogP) is 4.99. The lowest BCUT2D eigenvalue weighted by atomic mass is 10.0. The highest BCUT2D eigenvalue weighted by Gasteiger charge is 2.18. The molecule has 8 heteroatoms. The van der Waals surface area contributed by atoms with E-state index in [9.17, 15) is 14.0 Å². The molecule has 2 amide bonds. The lowest BCUT2D eigenvalue weighted by Gasteiger charge is -2.20. The number of alkyl carbamates (subject to hydrolysis) is 1. The molecule has 0 fully saturated rings. The summed E-state index contributed by atoms with van der Waals surface area (Å²) in [6.45, 7) is 3.60. The molecular weight excluding hydrogens is 411 g/mol. The normalized spacial score (nSPS) is 12.5. The molecule has 32 heavy (non-hydrogen) atoms. The Kier molecular flexibility index (Phi) is 7.38. The van der Waals surface area contributed by atoms with Gasteiger partial charge in [-0.1, -0.05) is 31.2 Å². The van der Waals surface area contributed by atoms with Crippen molar-refractivity contribution in [1.82, 2.24) is 10.3 Å². The van der Waals surface area contributed by atoms with Gasteiger partial charge in [-0.25, -0.2) is 9.18 Å². The Morgan fingerprint density at radius 2 is 1.81 bits per heavy atom. The number of nitrogens with one attached hydrogen (secondary N) is 2. The van der Waals surface area contributed by atoms with Crippen LogP contribution in [0.2, 0.25) is 0 Å². The molecule has 3 rings (SSSR count). The average molecular weight is 436 g/mol. The van der Waals surface area contributed by atoms with Crippen LogP contribution >= 0.6 is 0 Å². The van der Waals surface area contributed by atoms with Crippen LogP contribution in [0.4, 0.5) is 20.6 Å². The van der Waals surface area contributed by atoms with E-state index in [1.54, 1.807) is 55.5 Å². The number of hydrogen-bond acceptors (Lipinski definition) is 5. The average Bonchev–Trinajstić information content (AvgIpc) is 2.79. The maximum Gasteiger partial charge on any atom is 0.408 e. The van der Waals surface area contributed by atoms with Gasteiger partial charge in [-0.05, 0) is 54.8 Å². The van der Waals surface area contributed by atoms with Crippen molar-refractivity contribution in [2.45, 2.75) is 32.4 Å². The molecule has 0 aliphatic heterocycles. The van der Waals surface area contributed by atoms with E-state index < -0.39 is 24.1 Å². The van der Waals surface area contributed by atoms with Gasteiger partial charge in [0.2, 0.25) is 0 Å². The minimum Gasteiger partial charge on any atom is -0.441 e. The Labute approximate surface area is 185 Å². The Morgan fingerprint density at radius 1 is 1.09 bits per heavy atom. The summed E-state index contributed by atoms with van der Waals surface area (Å²) in [5.41, 5.74) is 8.61. The van der Waals surface area contributed by atoms with Gasteiger partial charge >= 0.3 is 6.09 Å². The third-order valence-electron chi connectivity index (χ3n) is 4.93. The summed E-state index contributed by atoms with van der Waals surface area (Å²) in [5, 5.41) is 5.45. The number of nitrogen functional groups attached to an aromatic ring is 1. The van der Waals surface area contributed by atoms with Gasteiger partial charge in [-0.15, -0.1) is 0 Å². The van der Waals surface area contributed by atoms with Crippen LogP contribution in [0.15, 0.2) is 67.0 Å². The number of carbonyl (C=O) groups excluding carboxylic acids is 2. The maximum atomic E-state index is 13.3. The van der Waals surface area contributed by atoms with Crippen LogP contribution in [0.25, 0.3) is 0 Å². The summed E-state index contributed by atoms with van der Waals surface area (Å²) >= 11 is 0. The third kappa shape index (κ3) is 5.81.